The fourth-order valence-corrected chi connectivity index (χ4v) is 2.53. The summed E-state index contributed by atoms with van der Waals surface area (Å²) in [7, 11) is 0. The summed E-state index contributed by atoms with van der Waals surface area (Å²) in [6.45, 7) is 2.27. The summed E-state index contributed by atoms with van der Waals surface area (Å²) in [6.07, 6.45) is 10.5. The van der Waals surface area contributed by atoms with Crippen molar-refractivity contribution in [3.8, 4) is 0 Å². The van der Waals surface area contributed by atoms with Crippen molar-refractivity contribution in [1.29, 1.82) is 0 Å². The van der Waals surface area contributed by atoms with E-state index in [4.69, 9.17) is 0 Å². The first-order chi connectivity index (χ1) is 7.95. The maximum absolute atomic E-state index is 4.46. The molecule has 86 valence electrons. The average Bonchev–Trinajstić information content (AvgIpc) is 3.17. The number of aromatic nitrogens is 2. The molecule has 0 spiro atoms. The van der Waals surface area contributed by atoms with Crippen molar-refractivity contribution in [3.63, 3.8) is 0 Å². The Bertz CT molecular complexity index is 330. The third kappa shape index (κ3) is 2.02. The minimum absolute atomic E-state index is 0.658. The third-order valence-corrected chi connectivity index (χ3v) is 3.46. The van der Waals surface area contributed by atoms with Crippen molar-refractivity contribution in [2.24, 2.45) is 0 Å². The van der Waals surface area contributed by atoms with E-state index in [1.54, 1.807) is 12.4 Å². The van der Waals surface area contributed by atoms with Gasteiger partial charge in [0.1, 0.15) is 5.82 Å². The Morgan fingerprint density at radius 1 is 1.06 bits per heavy atom. The zero-order chi connectivity index (χ0) is 10.8. The minimum Gasteiger partial charge on any atom is -0.349 e. The maximum atomic E-state index is 4.46. The molecule has 0 aromatic carbocycles. The Labute approximate surface area is 96.1 Å². The summed E-state index contributed by atoms with van der Waals surface area (Å²) in [6, 6.07) is 1.38. The number of nitrogens with zero attached hydrogens (tertiary/aromatic N) is 3. The molecule has 1 aliphatic heterocycles. The molecule has 1 aromatic heterocycles. The Morgan fingerprint density at radius 2 is 1.81 bits per heavy atom. The van der Waals surface area contributed by atoms with E-state index in [-0.39, 0.29) is 0 Å². The molecular formula is C12H18N4. The van der Waals surface area contributed by atoms with E-state index in [2.05, 4.69) is 20.2 Å². The molecule has 0 bridgehead atoms. The predicted octanol–water partition coefficient (Wildman–Crippen LogP) is 1.20. The summed E-state index contributed by atoms with van der Waals surface area (Å²) in [5.41, 5.74) is 0. The van der Waals surface area contributed by atoms with Gasteiger partial charge in [0.2, 0.25) is 0 Å². The van der Waals surface area contributed by atoms with Crippen LogP contribution < -0.4 is 10.2 Å². The van der Waals surface area contributed by atoms with Gasteiger partial charge in [0.15, 0.2) is 0 Å². The molecule has 0 amide bonds. The zero-order valence-corrected chi connectivity index (χ0v) is 9.47. The molecule has 4 heteroatoms. The number of piperidine rings is 1. The molecule has 16 heavy (non-hydrogen) atoms. The lowest BCUT2D eigenvalue weighted by atomic mass is 10.0. The topological polar surface area (TPSA) is 41.1 Å². The highest BCUT2D eigenvalue weighted by atomic mass is 15.3. The molecule has 3 rings (SSSR count). The Balaban J connectivity index is 1.80. The van der Waals surface area contributed by atoms with Crippen LogP contribution in [0.4, 0.5) is 5.82 Å². The maximum Gasteiger partial charge on any atom is 0.147 e. The van der Waals surface area contributed by atoms with E-state index >= 15 is 0 Å². The Kier molecular flexibility index (Phi) is 2.74. The van der Waals surface area contributed by atoms with Gasteiger partial charge < -0.3 is 10.2 Å². The smallest absolute Gasteiger partial charge is 0.147 e. The van der Waals surface area contributed by atoms with Gasteiger partial charge in [-0.2, -0.15) is 0 Å². The van der Waals surface area contributed by atoms with Crippen LogP contribution in [0.3, 0.4) is 0 Å². The first-order valence-electron chi connectivity index (χ1n) is 6.20. The van der Waals surface area contributed by atoms with Crippen LogP contribution in [0.5, 0.6) is 0 Å². The van der Waals surface area contributed by atoms with E-state index < -0.39 is 0 Å². The molecule has 1 N–H and O–H groups in total. The second kappa shape index (κ2) is 4.37. The van der Waals surface area contributed by atoms with Crippen LogP contribution in [0, 0.1) is 0 Å². The lowest BCUT2D eigenvalue weighted by Crippen LogP contribution is -2.44. The second-order valence-electron chi connectivity index (χ2n) is 4.68. The number of hydrogen-bond donors (Lipinski definition) is 1. The lowest BCUT2D eigenvalue weighted by Gasteiger charge is -2.35. The highest BCUT2D eigenvalue weighted by Crippen LogP contribution is 2.34. The van der Waals surface area contributed by atoms with Gasteiger partial charge in [0.05, 0.1) is 6.20 Å². The van der Waals surface area contributed by atoms with Crippen LogP contribution >= 0.6 is 0 Å². The van der Waals surface area contributed by atoms with Crippen LogP contribution in [0.25, 0.3) is 0 Å². The number of hydrogen-bond acceptors (Lipinski definition) is 4. The molecule has 2 heterocycles. The predicted molar refractivity (Wildman–Crippen MR) is 63.4 cm³/mol. The van der Waals surface area contributed by atoms with E-state index in [1.807, 2.05) is 6.20 Å². The van der Waals surface area contributed by atoms with Crippen molar-refractivity contribution in [2.45, 2.75) is 37.8 Å². The summed E-state index contributed by atoms with van der Waals surface area (Å²) >= 11 is 0. The van der Waals surface area contributed by atoms with Gasteiger partial charge in [-0.3, -0.25) is 4.98 Å². The summed E-state index contributed by atoms with van der Waals surface area (Å²) in [5, 5.41) is 3.42. The molecule has 1 saturated heterocycles. The van der Waals surface area contributed by atoms with E-state index in [9.17, 15) is 0 Å². The number of anilines is 1. The van der Waals surface area contributed by atoms with E-state index in [1.165, 1.54) is 25.7 Å². The van der Waals surface area contributed by atoms with Gasteiger partial charge in [0.25, 0.3) is 0 Å². The van der Waals surface area contributed by atoms with Crippen molar-refractivity contribution in [3.05, 3.63) is 18.6 Å². The molecule has 0 atom stereocenters. The van der Waals surface area contributed by atoms with E-state index in [0.29, 0.717) is 6.04 Å². The SMILES string of the molecule is c1cnc(N(C2CCNCC2)C2CC2)cn1. The summed E-state index contributed by atoms with van der Waals surface area (Å²) < 4.78 is 0. The molecule has 1 saturated carbocycles. The molecule has 0 unspecified atom stereocenters. The van der Waals surface area contributed by atoms with Crippen LogP contribution in [-0.4, -0.2) is 35.1 Å². The number of nitrogens with one attached hydrogen (secondary N) is 1. The summed E-state index contributed by atoms with van der Waals surface area (Å²) in [4.78, 5) is 11.2. The highest BCUT2D eigenvalue weighted by molar-refractivity contribution is 5.40. The van der Waals surface area contributed by atoms with Crippen molar-refractivity contribution in [1.82, 2.24) is 15.3 Å². The van der Waals surface area contributed by atoms with Crippen LogP contribution in [0.2, 0.25) is 0 Å². The molecule has 1 aliphatic carbocycles. The fourth-order valence-electron chi connectivity index (χ4n) is 2.53. The molecule has 2 fully saturated rings. The largest absolute Gasteiger partial charge is 0.349 e. The van der Waals surface area contributed by atoms with Crippen molar-refractivity contribution in [2.75, 3.05) is 18.0 Å². The highest BCUT2D eigenvalue weighted by Gasteiger charge is 2.35. The molecule has 0 radical (unpaired) electrons. The fraction of sp³-hybridized carbons (Fsp3) is 0.667. The Hall–Kier alpha value is -1.16. The lowest BCUT2D eigenvalue weighted by molar-refractivity contribution is 0.425. The van der Waals surface area contributed by atoms with Crippen LogP contribution in [0.1, 0.15) is 25.7 Å². The molecule has 2 aliphatic rings. The zero-order valence-electron chi connectivity index (χ0n) is 9.47. The third-order valence-electron chi connectivity index (χ3n) is 3.46. The first kappa shape index (κ1) is 10.0. The molecule has 1 aromatic rings. The quantitative estimate of drug-likeness (QED) is 0.827. The van der Waals surface area contributed by atoms with Crippen molar-refractivity contribution < 1.29 is 0 Å². The average molecular weight is 218 g/mol. The second-order valence-corrected chi connectivity index (χ2v) is 4.68. The van der Waals surface area contributed by atoms with Crippen LogP contribution in [0.15, 0.2) is 18.6 Å². The van der Waals surface area contributed by atoms with Gasteiger partial charge in [0, 0.05) is 24.5 Å². The normalized spacial score (nSPS) is 22.0. The molecular weight excluding hydrogens is 200 g/mol. The summed E-state index contributed by atoms with van der Waals surface area (Å²) in [5.74, 6) is 1.07. The number of rotatable bonds is 3. The Morgan fingerprint density at radius 3 is 2.44 bits per heavy atom. The monoisotopic (exact) mass is 218 g/mol. The van der Waals surface area contributed by atoms with Gasteiger partial charge >= 0.3 is 0 Å². The van der Waals surface area contributed by atoms with Gasteiger partial charge in [-0.1, -0.05) is 0 Å². The van der Waals surface area contributed by atoms with Gasteiger partial charge in [-0.25, -0.2) is 4.98 Å². The first-order valence-corrected chi connectivity index (χ1v) is 6.20. The molecule has 4 nitrogen and oxygen atoms in total. The minimum atomic E-state index is 0.658. The standard InChI is InChI=1S/C12H18N4/c1-2-10(1)16(11-3-5-13-6-4-11)12-9-14-7-8-15-12/h7-11,13H,1-6H2. The van der Waals surface area contributed by atoms with Crippen LogP contribution in [-0.2, 0) is 0 Å². The van der Waals surface area contributed by atoms with Crippen molar-refractivity contribution >= 4 is 5.82 Å². The van der Waals surface area contributed by atoms with E-state index in [0.717, 1.165) is 24.9 Å². The van der Waals surface area contributed by atoms with Gasteiger partial charge in [-0.05, 0) is 38.8 Å². The van der Waals surface area contributed by atoms with Gasteiger partial charge in [-0.15, -0.1) is 0 Å².